The zero-order chi connectivity index (χ0) is 16.1. The fourth-order valence-electron chi connectivity index (χ4n) is 2.81. The molecule has 6 heteroatoms. The van der Waals surface area contributed by atoms with Gasteiger partial charge in [0.1, 0.15) is 0 Å². The molecule has 0 bridgehead atoms. The Hall–Kier alpha value is -0.560. The number of nitrogens with one attached hydrogen (secondary N) is 1. The molecule has 1 fully saturated rings. The lowest BCUT2D eigenvalue weighted by atomic mass is 9.99. The minimum atomic E-state index is 0.126. The number of rotatable bonds is 6. The van der Waals surface area contributed by atoms with Gasteiger partial charge in [-0.15, -0.1) is 6.58 Å². The molecule has 1 saturated heterocycles. The Labute approximate surface area is 148 Å². The van der Waals surface area contributed by atoms with Crippen molar-refractivity contribution >= 4 is 31.9 Å². The van der Waals surface area contributed by atoms with E-state index in [1.807, 2.05) is 12.1 Å². The summed E-state index contributed by atoms with van der Waals surface area (Å²) in [4.78, 5) is 2.48. The van der Waals surface area contributed by atoms with Crippen LogP contribution in [0.25, 0.3) is 0 Å². The molecule has 1 aromatic carbocycles. The van der Waals surface area contributed by atoms with E-state index in [0.29, 0.717) is 10.2 Å². The zero-order valence-corrected chi connectivity index (χ0v) is 15.9. The van der Waals surface area contributed by atoms with Gasteiger partial charge in [0.05, 0.1) is 11.6 Å². The van der Waals surface area contributed by atoms with Crippen LogP contribution in [0.15, 0.2) is 27.7 Å². The van der Waals surface area contributed by atoms with Crippen LogP contribution in [0.5, 0.6) is 11.5 Å². The first kappa shape index (κ1) is 17.8. The molecule has 1 heterocycles. The summed E-state index contributed by atoms with van der Waals surface area (Å²) in [5.41, 5.74) is 1.13. The number of ether oxygens (including phenoxy) is 1. The number of phenolic OH excluding ortho intramolecular Hbond substituents is 1. The van der Waals surface area contributed by atoms with Gasteiger partial charge < -0.3 is 15.2 Å². The second-order valence-corrected chi connectivity index (χ2v) is 6.90. The third kappa shape index (κ3) is 3.85. The second kappa shape index (κ2) is 8.34. The molecule has 0 saturated carbocycles. The second-order valence-electron chi connectivity index (χ2n) is 5.31. The molecule has 0 aromatic heterocycles. The summed E-state index contributed by atoms with van der Waals surface area (Å²) in [6.45, 7) is 7.86. The molecule has 22 heavy (non-hydrogen) atoms. The van der Waals surface area contributed by atoms with Crippen molar-refractivity contribution in [3.8, 4) is 11.5 Å². The molecule has 0 unspecified atom stereocenters. The molecular weight excluding hydrogens is 412 g/mol. The van der Waals surface area contributed by atoms with Crippen molar-refractivity contribution in [2.45, 2.75) is 18.9 Å². The molecule has 122 valence electrons. The third-order valence-electron chi connectivity index (χ3n) is 3.99. The van der Waals surface area contributed by atoms with Crippen LogP contribution in [0.1, 0.15) is 24.4 Å². The quantitative estimate of drug-likeness (QED) is 0.669. The van der Waals surface area contributed by atoms with Gasteiger partial charge >= 0.3 is 0 Å². The molecule has 4 nitrogen and oxygen atoms in total. The molecule has 0 aliphatic carbocycles. The molecule has 1 aliphatic heterocycles. The Morgan fingerprint density at radius 3 is 2.68 bits per heavy atom. The van der Waals surface area contributed by atoms with E-state index in [1.54, 1.807) is 7.11 Å². The summed E-state index contributed by atoms with van der Waals surface area (Å²) in [6.07, 6.45) is 3.89. The average Bonchev–Trinajstić information content (AvgIpc) is 2.55. The zero-order valence-electron chi connectivity index (χ0n) is 12.7. The number of nitrogens with zero attached hydrogens (tertiary/aromatic N) is 1. The number of piperazine rings is 1. The van der Waals surface area contributed by atoms with Crippen LogP contribution in [0.2, 0.25) is 0 Å². The molecule has 1 atom stereocenters. The topological polar surface area (TPSA) is 44.7 Å². The van der Waals surface area contributed by atoms with Gasteiger partial charge in [-0.2, -0.15) is 0 Å². The predicted molar refractivity (Wildman–Crippen MR) is 96.7 cm³/mol. The van der Waals surface area contributed by atoms with E-state index in [2.05, 4.69) is 48.7 Å². The monoisotopic (exact) mass is 432 g/mol. The van der Waals surface area contributed by atoms with E-state index < -0.39 is 0 Å². The van der Waals surface area contributed by atoms with Gasteiger partial charge in [-0.05, 0) is 56.3 Å². The Kier molecular flexibility index (Phi) is 6.74. The Morgan fingerprint density at radius 2 is 2.09 bits per heavy atom. The first-order chi connectivity index (χ1) is 10.6. The Balaban J connectivity index is 2.41. The lowest BCUT2D eigenvalue weighted by molar-refractivity contribution is 0.165. The van der Waals surface area contributed by atoms with Gasteiger partial charge in [0.25, 0.3) is 0 Å². The van der Waals surface area contributed by atoms with Crippen LogP contribution in [-0.2, 0) is 0 Å². The van der Waals surface area contributed by atoms with Crippen molar-refractivity contribution in [2.75, 3.05) is 33.3 Å². The van der Waals surface area contributed by atoms with E-state index in [1.165, 1.54) is 0 Å². The normalized spacial score (nSPS) is 17.2. The molecule has 1 aliphatic rings. The first-order valence-corrected chi connectivity index (χ1v) is 8.99. The van der Waals surface area contributed by atoms with E-state index in [4.69, 9.17) is 4.74 Å². The van der Waals surface area contributed by atoms with Crippen molar-refractivity contribution in [1.29, 1.82) is 0 Å². The summed E-state index contributed by atoms with van der Waals surface area (Å²) in [6, 6.07) is 2.19. The number of aromatic hydroxyl groups is 1. The van der Waals surface area contributed by atoms with Crippen molar-refractivity contribution in [2.24, 2.45) is 0 Å². The van der Waals surface area contributed by atoms with Crippen LogP contribution in [0.4, 0.5) is 0 Å². The van der Waals surface area contributed by atoms with Gasteiger partial charge in [0.15, 0.2) is 11.5 Å². The highest BCUT2D eigenvalue weighted by Crippen LogP contribution is 2.45. The SMILES string of the molecule is C=CCC[C@H](c1cc(OC)c(O)c(Br)c1Br)N1CCNCC1. The van der Waals surface area contributed by atoms with Crippen LogP contribution >= 0.6 is 31.9 Å². The molecule has 0 radical (unpaired) electrons. The average molecular weight is 434 g/mol. The van der Waals surface area contributed by atoms with Gasteiger partial charge in [-0.3, -0.25) is 4.90 Å². The largest absolute Gasteiger partial charge is 0.503 e. The number of allylic oxidation sites excluding steroid dienone is 1. The summed E-state index contributed by atoms with van der Waals surface area (Å²) >= 11 is 7.08. The predicted octanol–water partition coefficient (Wildman–Crippen LogP) is 3.84. The van der Waals surface area contributed by atoms with Crippen LogP contribution in [0, 0.1) is 0 Å². The Morgan fingerprint density at radius 1 is 1.41 bits per heavy atom. The van der Waals surface area contributed by atoms with Crippen LogP contribution in [-0.4, -0.2) is 43.3 Å². The minimum absolute atomic E-state index is 0.126. The maximum absolute atomic E-state index is 10.1. The highest BCUT2D eigenvalue weighted by Gasteiger charge is 2.26. The summed E-state index contributed by atoms with van der Waals surface area (Å²) < 4.78 is 6.84. The smallest absolute Gasteiger partial charge is 0.173 e. The lowest BCUT2D eigenvalue weighted by Crippen LogP contribution is -2.45. The van der Waals surface area contributed by atoms with Gasteiger partial charge in [-0.25, -0.2) is 0 Å². The number of hydrogen-bond acceptors (Lipinski definition) is 4. The number of halogens is 2. The molecule has 0 amide bonds. The van der Waals surface area contributed by atoms with E-state index in [-0.39, 0.29) is 11.8 Å². The Bertz CT molecular complexity index is 531. The summed E-state index contributed by atoms with van der Waals surface area (Å²) in [5.74, 6) is 0.615. The maximum atomic E-state index is 10.1. The van der Waals surface area contributed by atoms with Crippen molar-refractivity contribution < 1.29 is 9.84 Å². The van der Waals surface area contributed by atoms with Crippen LogP contribution < -0.4 is 10.1 Å². The van der Waals surface area contributed by atoms with E-state index >= 15 is 0 Å². The first-order valence-electron chi connectivity index (χ1n) is 7.40. The maximum Gasteiger partial charge on any atom is 0.173 e. The van der Waals surface area contributed by atoms with Gasteiger partial charge in [0, 0.05) is 36.7 Å². The number of methoxy groups -OCH3 is 1. The molecule has 1 aromatic rings. The molecule has 2 N–H and O–H groups in total. The minimum Gasteiger partial charge on any atom is -0.503 e. The number of benzene rings is 1. The fraction of sp³-hybridized carbons (Fsp3) is 0.500. The van der Waals surface area contributed by atoms with Gasteiger partial charge in [-0.1, -0.05) is 6.08 Å². The highest BCUT2D eigenvalue weighted by atomic mass is 79.9. The standard InChI is InChI=1S/C16H22Br2N2O2/c1-3-4-5-12(20-8-6-19-7-9-20)11-10-13(22-2)16(21)15(18)14(11)17/h3,10,12,19,21H,1,4-9H2,2H3/t12-/m1/s1. The summed E-state index contributed by atoms with van der Waals surface area (Å²) in [5, 5.41) is 13.5. The molecule has 2 rings (SSSR count). The third-order valence-corrected chi connectivity index (χ3v) is 6.15. The van der Waals surface area contributed by atoms with Crippen molar-refractivity contribution in [3.05, 3.63) is 33.2 Å². The van der Waals surface area contributed by atoms with Crippen LogP contribution in [0.3, 0.4) is 0 Å². The molecular formula is C16H22Br2N2O2. The lowest BCUT2D eigenvalue weighted by Gasteiger charge is -2.36. The highest BCUT2D eigenvalue weighted by molar-refractivity contribution is 9.13. The molecule has 0 spiro atoms. The van der Waals surface area contributed by atoms with Crippen molar-refractivity contribution in [1.82, 2.24) is 10.2 Å². The van der Waals surface area contributed by atoms with E-state index in [0.717, 1.165) is 49.1 Å². The summed E-state index contributed by atoms with van der Waals surface area (Å²) in [7, 11) is 1.57. The number of hydrogen-bond donors (Lipinski definition) is 2. The number of phenols is 1. The van der Waals surface area contributed by atoms with E-state index in [9.17, 15) is 5.11 Å². The van der Waals surface area contributed by atoms with Gasteiger partial charge in [0.2, 0.25) is 0 Å². The fourth-order valence-corrected chi connectivity index (χ4v) is 3.80. The van der Waals surface area contributed by atoms with Crippen molar-refractivity contribution in [3.63, 3.8) is 0 Å².